The monoisotopic (exact) mass is 452 g/mol. The predicted octanol–water partition coefficient (Wildman–Crippen LogP) is 6.42. The van der Waals surface area contributed by atoms with Gasteiger partial charge in [-0.3, -0.25) is 14.7 Å². The summed E-state index contributed by atoms with van der Waals surface area (Å²) in [5, 5.41) is 0. The first-order valence-electron chi connectivity index (χ1n) is 12.3. The van der Waals surface area contributed by atoms with Gasteiger partial charge in [-0.25, -0.2) is 4.99 Å². The van der Waals surface area contributed by atoms with Crippen molar-refractivity contribution in [2.45, 2.75) is 80.7 Å². The molecule has 5 heteroatoms. The fraction of sp³-hybridized carbons (Fsp3) is 0.536. The molecule has 1 aromatic heterocycles. The second kappa shape index (κ2) is 13.9. The molecule has 0 aliphatic carbocycles. The Labute approximate surface area is 202 Å². The molecule has 0 N–H and O–H groups in total. The number of aliphatic imine (C=N–C) groups is 1. The molecule has 0 saturated carbocycles. The summed E-state index contributed by atoms with van der Waals surface area (Å²) in [6, 6.07) is 4.06. The number of likely N-dealkylation sites (tertiary alicyclic amines) is 1. The first-order chi connectivity index (χ1) is 15.7. The normalized spacial score (nSPS) is 18.2. The van der Waals surface area contributed by atoms with Crippen molar-refractivity contribution in [3.05, 3.63) is 59.1 Å². The fourth-order valence-electron chi connectivity index (χ4n) is 3.72. The van der Waals surface area contributed by atoms with Crippen molar-refractivity contribution in [3.8, 4) is 0 Å². The van der Waals surface area contributed by atoms with Crippen molar-refractivity contribution in [1.82, 2.24) is 14.8 Å². The lowest BCUT2D eigenvalue weighted by molar-refractivity contribution is -0.123. The van der Waals surface area contributed by atoms with Crippen LogP contribution in [0.2, 0.25) is 0 Å². The van der Waals surface area contributed by atoms with Crippen molar-refractivity contribution in [1.29, 1.82) is 0 Å². The van der Waals surface area contributed by atoms with E-state index in [1.807, 2.05) is 50.8 Å². The van der Waals surface area contributed by atoms with E-state index in [2.05, 4.69) is 51.2 Å². The van der Waals surface area contributed by atoms with Crippen LogP contribution in [-0.4, -0.2) is 52.7 Å². The number of aromatic nitrogens is 1. The van der Waals surface area contributed by atoms with Gasteiger partial charge < -0.3 is 4.90 Å². The highest BCUT2D eigenvalue weighted by Crippen LogP contribution is 2.32. The molecule has 33 heavy (non-hydrogen) atoms. The van der Waals surface area contributed by atoms with Gasteiger partial charge in [0.15, 0.2) is 0 Å². The fourth-order valence-corrected chi connectivity index (χ4v) is 3.72. The lowest BCUT2D eigenvalue weighted by Gasteiger charge is -2.40. The highest BCUT2D eigenvalue weighted by molar-refractivity contribution is 6.31. The van der Waals surface area contributed by atoms with E-state index in [9.17, 15) is 4.79 Å². The Balaban J connectivity index is 0.00000101. The van der Waals surface area contributed by atoms with Crippen LogP contribution < -0.4 is 0 Å². The molecule has 2 aliphatic rings. The largest absolute Gasteiger partial charge is 0.306 e. The van der Waals surface area contributed by atoms with Crippen LogP contribution in [0.3, 0.4) is 0 Å². The van der Waals surface area contributed by atoms with Crippen molar-refractivity contribution >= 4 is 17.3 Å². The van der Waals surface area contributed by atoms with Gasteiger partial charge in [-0.2, -0.15) is 0 Å². The van der Waals surface area contributed by atoms with E-state index in [-0.39, 0.29) is 11.9 Å². The molecule has 0 aromatic carbocycles. The van der Waals surface area contributed by atoms with Gasteiger partial charge in [-0.1, -0.05) is 52.3 Å². The van der Waals surface area contributed by atoms with Crippen LogP contribution in [0.1, 0.15) is 79.0 Å². The molecule has 2 aliphatic heterocycles. The van der Waals surface area contributed by atoms with Crippen LogP contribution in [0.5, 0.6) is 0 Å². The zero-order valence-corrected chi connectivity index (χ0v) is 22.3. The van der Waals surface area contributed by atoms with Crippen LogP contribution in [0.15, 0.2) is 52.8 Å². The number of amides is 1. The minimum absolute atomic E-state index is 0.00482. The Morgan fingerprint density at radius 3 is 2.18 bits per heavy atom. The Bertz CT molecular complexity index is 881. The van der Waals surface area contributed by atoms with Gasteiger partial charge in [0.1, 0.15) is 5.84 Å². The molecule has 0 atom stereocenters. The zero-order chi connectivity index (χ0) is 25.1. The number of carbonyl (C=O) groups excluding carboxylic acids is 1. The second-order valence-electron chi connectivity index (χ2n) is 8.75. The highest BCUT2D eigenvalue weighted by atomic mass is 16.2. The smallest absolute Gasteiger partial charge is 0.260 e. The van der Waals surface area contributed by atoms with E-state index >= 15 is 0 Å². The number of carbonyl (C=O) groups is 1. The van der Waals surface area contributed by atoms with E-state index < -0.39 is 0 Å². The second-order valence-corrected chi connectivity index (χ2v) is 8.75. The molecule has 3 heterocycles. The van der Waals surface area contributed by atoms with Gasteiger partial charge >= 0.3 is 0 Å². The van der Waals surface area contributed by atoms with E-state index in [0.29, 0.717) is 11.3 Å². The molecule has 182 valence electrons. The molecule has 5 nitrogen and oxygen atoms in total. The van der Waals surface area contributed by atoms with Crippen LogP contribution in [0.25, 0.3) is 5.57 Å². The molecular formula is C28H44N4O. The lowest BCUT2D eigenvalue weighted by atomic mass is 9.92. The van der Waals surface area contributed by atoms with E-state index in [4.69, 9.17) is 4.99 Å². The average molecular weight is 453 g/mol. The van der Waals surface area contributed by atoms with Crippen molar-refractivity contribution in [2.75, 3.05) is 20.1 Å². The number of pyridine rings is 1. The number of piperidine rings is 1. The summed E-state index contributed by atoms with van der Waals surface area (Å²) in [7, 11) is 2.13. The first kappa shape index (κ1) is 28.5. The lowest BCUT2D eigenvalue weighted by Crippen LogP contribution is -2.51. The molecule has 1 amide bonds. The van der Waals surface area contributed by atoms with Crippen LogP contribution >= 0.6 is 0 Å². The summed E-state index contributed by atoms with van der Waals surface area (Å²) >= 11 is 0. The molecule has 0 spiro atoms. The number of amidine groups is 1. The van der Waals surface area contributed by atoms with Gasteiger partial charge in [0.2, 0.25) is 0 Å². The van der Waals surface area contributed by atoms with E-state index in [1.54, 1.807) is 6.20 Å². The van der Waals surface area contributed by atoms with Gasteiger partial charge in [0.05, 0.1) is 0 Å². The molecular weight excluding hydrogens is 408 g/mol. The standard InChI is InChI=1S/C23H30N4O.C3H8.C2H6/c1-15(2)20-13-21(18-8-7-17(5)24-14-18)23(28)27(22(20)25-16(3)4)19-9-11-26(6)12-10-19;1-3-2;1-2/h7-8,13-14,19H,3,9-12H2,1-2,4-6H3;3H2,1-2H3;1-2H3. The van der Waals surface area contributed by atoms with E-state index in [1.165, 1.54) is 6.42 Å². The van der Waals surface area contributed by atoms with Gasteiger partial charge in [-0.05, 0) is 72.8 Å². The van der Waals surface area contributed by atoms with Gasteiger partial charge in [0.25, 0.3) is 5.91 Å². The van der Waals surface area contributed by atoms with Gasteiger partial charge in [-0.15, -0.1) is 0 Å². The molecule has 3 rings (SSSR count). The van der Waals surface area contributed by atoms with Crippen molar-refractivity contribution in [3.63, 3.8) is 0 Å². The Morgan fingerprint density at radius 2 is 1.73 bits per heavy atom. The molecule has 1 fully saturated rings. The quantitative estimate of drug-likeness (QED) is 0.531. The minimum atomic E-state index is 0.00482. The Morgan fingerprint density at radius 1 is 1.15 bits per heavy atom. The molecule has 1 aromatic rings. The molecule has 0 radical (unpaired) electrons. The number of allylic oxidation sites excluding steroid dienone is 2. The summed E-state index contributed by atoms with van der Waals surface area (Å²) in [5.74, 6) is 0.737. The summed E-state index contributed by atoms with van der Waals surface area (Å²) in [6.07, 6.45) is 6.88. The molecule has 0 bridgehead atoms. The number of hydrogen-bond acceptors (Lipinski definition) is 4. The Hall–Kier alpha value is -2.53. The predicted molar refractivity (Wildman–Crippen MR) is 142 cm³/mol. The van der Waals surface area contributed by atoms with Crippen molar-refractivity contribution in [2.24, 2.45) is 4.99 Å². The Kier molecular flexibility index (Phi) is 12.0. The SMILES string of the molecule is C=C(C)N=C1C(=C(C)C)C=C(c2ccc(C)nc2)C(=O)N1C1CCN(C)CC1.CC.CCC. The number of rotatable bonds is 3. The maximum atomic E-state index is 13.6. The summed E-state index contributed by atoms with van der Waals surface area (Å²) in [4.78, 5) is 27.0. The van der Waals surface area contributed by atoms with Crippen LogP contribution in [-0.2, 0) is 4.79 Å². The first-order valence-corrected chi connectivity index (χ1v) is 12.3. The maximum Gasteiger partial charge on any atom is 0.260 e. The highest BCUT2D eigenvalue weighted by Gasteiger charge is 2.37. The molecule has 0 unspecified atom stereocenters. The third-order valence-corrected chi connectivity index (χ3v) is 5.32. The summed E-state index contributed by atoms with van der Waals surface area (Å²) in [6.45, 7) is 22.1. The molecule has 1 saturated heterocycles. The average Bonchev–Trinajstić information content (AvgIpc) is 2.77. The third kappa shape index (κ3) is 7.78. The number of hydrogen-bond donors (Lipinski definition) is 0. The van der Waals surface area contributed by atoms with E-state index in [0.717, 1.165) is 54.2 Å². The zero-order valence-electron chi connectivity index (χ0n) is 22.3. The minimum Gasteiger partial charge on any atom is -0.306 e. The number of aryl methyl sites for hydroxylation is 1. The summed E-state index contributed by atoms with van der Waals surface area (Å²) in [5.41, 5.74) is 5.30. The van der Waals surface area contributed by atoms with Crippen LogP contribution in [0, 0.1) is 6.92 Å². The third-order valence-electron chi connectivity index (χ3n) is 5.32. The summed E-state index contributed by atoms with van der Waals surface area (Å²) < 4.78 is 0. The van der Waals surface area contributed by atoms with Crippen molar-refractivity contribution < 1.29 is 4.79 Å². The maximum absolute atomic E-state index is 13.6. The topological polar surface area (TPSA) is 48.8 Å². The van der Waals surface area contributed by atoms with Crippen LogP contribution in [0.4, 0.5) is 0 Å². The van der Waals surface area contributed by atoms with Gasteiger partial charge in [0, 0.05) is 40.3 Å². The number of nitrogens with zero attached hydrogens (tertiary/aromatic N) is 4.